The maximum Gasteiger partial charge on any atom is 0.306 e. The number of carbonyl (C=O) groups is 3. The third kappa shape index (κ3) is 62.4. The highest BCUT2D eigenvalue weighted by Gasteiger charge is 2.19. The van der Waals surface area contributed by atoms with Crippen LogP contribution in [0.2, 0.25) is 0 Å². The molecule has 0 radical (unpaired) electrons. The second kappa shape index (κ2) is 64.2. The fraction of sp³-hybridized carbons (Fsp3) is 0.870. The summed E-state index contributed by atoms with van der Waals surface area (Å²) in [6.07, 6.45) is 78.8. The molecule has 440 valence electrons. The lowest BCUT2D eigenvalue weighted by molar-refractivity contribution is -0.167. The Bertz CT molecular complexity index is 1250. The van der Waals surface area contributed by atoms with E-state index in [9.17, 15) is 14.4 Å². The Balaban J connectivity index is 4.21. The molecule has 0 N–H and O–H groups in total. The van der Waals surface area contributed by atoms with Crippen LogP contribution >= 0.6 is 0 Å². The van der Waals surface area contributed by atoms with E-state index in [1.54, 1.807) is 0 Å². The molecule has 0 saturated carbocycles. The van der Waals surface area contributed by atoms with Gasteiger partial charge in [0, 0.05) is 19.3 Å². The van der Waals surface area contributed by atoms with Crippen molar-refractivity contribution in [3.8, 4) is 0 Å². The molecule has 0 aromatic carbocycles. The normalized spacial score (nSPS) is 12.2. The van der Waals surface area contributed by atoms with Crippen molar-refractivity contribution in [1.82, 2.24) is 0 Å². The smallest absolute Gasteiger partial charge is 0.306 e. The van der Waals surface area contributed by atoms with Crippen LogP contribution in [0.3, 0.4) is 0 Å². The molecule has 0 spiro atoms. The summed E-state index contributed by atoms with van der Waals surface area (Å²) in [5.41, 5.74) is 0. The molecule has 0 fully saturated rings. The summed E-state index contributed by atoms with van der Waals surface area (Å²) in [6.45, 7) is 6.68. The first-order chi connectivity index (χ1) is 37.0. The van der Waals surface area contributed by atoms with E-state index >= 15 is 0 Å². The average molecular weight is 1050 g/mol. The number of hydrogen-bond donors (Lipinski definition) is 0. The molecule has 0 aliphatic heterocycles. The molecule has 1 unspecified atom stereocenters. The van der Waals surface area contributed by atoms with Crippen LogP contribution in [0.15, 0.2) is 36.5 Å². The number of hydrogen-bond acceptors (Lipinski definition) is 6. The minimum atomic E-state index is -0.772. The Morgan fingerprint density at radius 2 is 0.480 bits per heavy atom. The zero-order valence-corrected chi connectivity index (χ0v) is 50.6. The number of ether oxygens (including phenoxy) is 3. The number of esters is 3. The Morgan fingerprint density at radius 3 is 0.747 bits per heavy atom. The van der Waals surface area contributed by atoms with Crippen molar-refractivity contribution >= 4 is 17.9 Å². The van der Waals surface area contributed by atoms with E-state index in [4.69, 9.17) is 14.2 Å². The maximum absolute atomic E-state index is 12.9. The van der Waals surface area contributed by atoms with E-state index in [0.717, 1.165) is 64.2 Å². The minimum Gasteiger partial charge on any atom is -0.462 e. The number of allylic oxidation sites excluding steroid dienone is 6. The van der Waals surface area contributed by atoms with Gasteiger partial charge in [0.25, 0.3) is 0 Å². The summed E-state index contributed by atoms with van der Waals surface area (Å²) in [6, 6.07) is 0. The summed E-state index contributed by atoms with van der Waals surface area (Å²) < 4.78 is 16.9. The highest BCUT2D eigenvalue weighted by molar-refractivity contribution is 5.71. The van der Waals surface area contributed by atoms with Crippen LogP contribution in [0.4, 0.5) is 0 Å². The van der Waals surface area contributed by atoms with E-state index in [1.165, 1.54) is 263 Å². The standard InChI is InChI=1S/C69H128O6/c1-4-7-10-13-16-19-22-24-26-28-30-32-33-34-35-37-38-40-42-44-47-50-53-56-59-62-68(71)74-65-66(64-73-67(70)61-58-55-52-49-46-21-18-15-12-9-6-3)75-69(72)63-60-57-54-51-48-45-43-41-39-36-31-29-27-25-23-20-17-14-11-8-5-2/h23,25,28-31,66H,4-22,24,26-27,32-65H2,1-3H3/b25-23-,30-28-,31-29-. The molecule has 0 aliphatic rings. The zero-order chi connectivity index (χ0) is 54.3. The Kier molecular flexibility index (Phi) is 62.1. The molecule has 0 aromatic rings. The van der Waals surface area contributed by atoms with Crippen LogP contribution in [0.25, 0.3) is 0 Å². The molecule has 0 amide bonds. The predicted molar refractivity (Wildman–Crippen MR) is 326 cm³/mol. The van der Waals surface area contributed by atoms with Crippen LogP contribution in [-0.2, 0) is 28.6 Å². The molecule has 6 heteroatoms. The Labute approximate surface area is 467 Å². The molecule has 75 heavy (non-hydrogen) atoms. The van der Waals surface area contributed by atoms with Crippen molar-refractivity contribution in [1.29, 1.82) is 0 Å². The quantitative estimate of drug-likeness (QED) is 0.0261. The topological polar surface area (TPSA) is 78.9 Å². The van der Waals surface area contributed by atoms with Gasteiger partial charge in [-0.25, -0.2) is 0 Å². The fourth-order valence-corrected chi connectivity index (χ4v) is 10.1. The third-order valence-electron chi connectivity index (χ3n) is 15.1. The van der Waals surface area contributed by atoms with E-state index in [-0.39, 0.29) is 31.1 Å². The molecule has 0 heterocycles. The highest BCUT2D eigenvalue weighted by Crippen LogP contribution is 2.18. The first kappa shape index (κ1) is 72.6. The van der Waals surface area contributed by atoms with E-state index < -0.39 is 6.10 Å². The SMILES string of the molecule is CCCCCCC/C=C\C/C=C\CCCCCCCCCCCC(=O)OC(COC(=O)CCCCCCCCCCCCC)COC(=O)CCCCCCCCCCCCCCC/C=C\CCCCCCCCCC. The lowest BCUT2D eigenvalue weighted by Crippen LogP contribution is -2.30. The van der Waals surface area contributed by atoms with Crippen molar-refractivity contribution in [3.05, 3.63) is 36.5 Å². The lowest BCUT2D eigenvalue weighted by Gasteiger charge is -2.18. The van der Waals surface area contributed by atoms with Crippen LogP contribution in [0, 0.1) is 0 Å². The van der Waals surface area contributed by atoms with Crippen molar-refractivity contribution in [2.75, 3.05) is 13.2 Å². The Morgan fingerprint density at radius 1 is 0.267 bits per heavy atom. The summed E-state index contributed by atoms with van der Waals surface area (Å²) >= 11 is 0. The molecule has 0 aliphatic carbocycles. The van der Waals surface area contributed by atoms with E-state index in [1.807, 2.05) is 0 Å². The van der Waals surface area contributed by atoms with Gasteiger partial charge in [-0.2, -0.15) is 0 Å². The molecule has 0 aromatic heterocycles. The first-order valence-electron chi connectivity index (χ1n) is 33.5. The number of unbranched alkanes of at least 4 members (excludes halogenated alkanes) is 45. The summed E-state index contributed by atoms with van der Waals surface area (Å²) in [4.78, 5) is 38.3. The van der Waals surface area contributed by atoms with Gasteiger partial charge in [0.2, 0.25) is 0 Å². The average Bonchev–Trinajstić information content (AvgIpc) is 3.41. The number of rotatable bonds is 62. The summed E-state index contributed by atoms with van der Waals surface area (Å²) in [5, 5.41) is 0. The minimum absolute atomic E-state index is 0.0693. The van der Waals surface area contributed by atoms with Crippen LogP contribution in [-0.4, -0.2) is 37.2 Å². The van der Waals surface area contributed by atoms with Gasteiger partial charge in [-0.15, -0.1) is 0 Å². The first-order valence-corrected chi connectivity index (χ1v) is 33.5. The predicted octanol–water partition coefficient (Wildman–Crippen LogP) is 22.8. The van der Waals surface area contributed by atoms with Gasteiger partial charge in [0.15, 0.2) is 6.10 Å². The largest absolute Gasteiger partial charge is 0.462 e. The molecule has 0 rings (SSSR count). The molecule has 1 atom stereocenters. The van der Waals surface area contributed by atoms with E-state index in [2.05, 4.69) is 57.2 Å². The van der Waals surface area contributed by atoms with Crippen molar-refractivity contribution < 1.29 is 28.6 Å². The van der Waals surface area contributed by atoms with Gasteiger partial charge in [0.1, 0.15) is 13.2 Å². The Hall–Kier alpha value is -2.37. The number of carbonyl (C=O) groups excluding carboxylic acids is 3. The third-order valence-corrected chi connectivity index (χ3v) is 15.1. The second-order valence-electron chi connectivity index (χ2n) is 22.7. The van der Waals surface area contributed by atoms with Crippen molar-refractivity contribution in [2.24, 2.45) is 0 Å². The van der Waals surface area contributed by atoms with Gasteiger partial charge >= 0.3 is 17.9 Å². The summed E-state index contributed by atoms with van der Waals surface area (Å²) in [5.74, 6) is -0.850. The molecular weight excluding hydrogens is 925 g/mol. The van der Waals surface area contributed by atoms with Gasteiger partial charge in [0.05, 0.1) is 0 Å². The summed E-state index contributed by atoms with van der Waals surface area (Å²) in [7, 11) is 0. The van der Waals surface area contributed by atoms with Gasteiger partial charge in [-0.1, -0.05) is 308 Å². The maximum atomic E-state index is 12.9. The van der Waals surface area contributed by atoms with Crippen LogP contribution in [0.1, 0.15) is 367 Å². The fourth-order valence-electron chi connectivity index (χ4n) is 10.1. The molecule has 6 nitrogen and oxygen atoms in total. The highest BCUT2D eigenvalue weighted by atomic mass is 16.6. The second-order valence-corrected chi connectivity index (χ2v) is 22.7. The van der Waals surface area contributed by atoms with Crippen LogP contribution < -0.4 is 0 Å². The van der Waals surface area contributed by atoms with Crippen LogP contribution in [0.5, 0.6) is 0 Å². The van der Waals surface area contributed by atoms with Gasteiger partial charge in [-0.3, -0.25) is 14.4 Å². The zero-order valence-electron chi connectivity index (χ0n) is 50.6. The lowest BCUT2D eigenvalue weighted by atomic mass is 10.0. The molecule has 0 saturated heterocycles. The van der Waals surface area contributed by atoms with Gasteiger partial charge < -0.3 is 14.2 Å². The monoisotopic (exact) mass is 1050 g/mol. The molecule has 0 bridgehead atoms. The van der Waals surface area contributed by atoms with Crippen molar-refractivity contribution in [3.63, 3.8) is 0 Å². The van der Waals surface area contributed by atoms with Gasteiger partial charge in [-0.05, 0) is 77.0 Å². The van der Waals surface area contributed by atoms with E-state index in [0.29, 0.717) is 19.3 Å². The molecular formula is C69H128O6. The van der Waals surface area contributed by atoms with Crippen molar-refractivity contribution in [2.45, 2.75) is 374 Å².